The molecule has 1 unspecified atom stereocenters. The molecule has 17 heavy (non-hydrogen) atoms. The van der Waals surface area contributed by atoms with Gasteiger partial charge in [0.15, 0.2) is 0 Å². The summed E-state index contributed by atoms with van der Waals surface area (Å²) in [7, 11) is 1.54. The van der Waals surface area contributed by atoms with Crippen LogP contribution in [0.3, 0.4) is 0 Å². The summed E-state index contributed by atoms with van der Waals surface area (Å²) in [5.74, 6) is -0.120. The van der Waals surface area contributed by atoms with Gasteiger partial charge in [0.25, 0.3) is 0 Å². The largest absolute Gasteiger partial charge is 0.387 e. The number of rotatable bonds is 5. The summed E-state index contributed by atoms with van der Waals surface area (Å²) < 4.78 is 18.7. The highest BCUT2D eigenvalue weighted by molar-refractivity contribution is 6.30. The van der Waals surface area contributed by atoms with Crippen molar-refractivity contribution in [2.24, 2.45) is 5.92 Å². The smallest absolute Gasteiger partial charge is 0.126 e. The maximum atomic E-state index is 13.6. The number of aliphatic hydroxyl groups is 1. The molecular formula is C13H16ClFO2. The number of hydrogen-bond acceptors (Lipinski definition) is 2. The highest BCUT2D eigenvalue weighted by Crippen LogP contribution is 2.42. The molecule has 0 radical (unpaired) electrons. The lowest BCUT2D eigenvalue weighted by Crippen LogP contribution is -2.39. The second-order valence-electron chi connectivity index (χ2n) is 4.72. The van der Waals surface area contributed by atoms with Gasteiger partial charge in [-0.25, -0.2) is 4.39 Å². The van der Waals surface area contributed by atoms with Gasteiger partial charge in [-0.3, -0.25) is 0 Å². The number of methoxy groups -OCH3 is 1. The van der Waals surface area contributed by atoms with Crippen LogP contribution in [0.25, 0.3) is 0 Å². The lowest BCUT2D eigenvalue weighted by atomic mass is 9.90. The number of hydrogen-bond donors (Lipinski definition) is 1. The fourth-order valence-corrected chi connectivity index (χ4v) is 2.39. The molecule has 0 aromatic heterocycles. The molecule has 1 aliphatic rings. The lowest BCUT2D eigenvalue weighted by Gasteiger charge is -2.27. The van der Waals surface area contributed by atoms with Crippen LogP contribution in [0.5, 0.6) is 0 Å². The molecule has 0 bridgehead atoms. The summed E-state index contributed by atoms with van der Waals surface area (Å²) in [5, 5.41) is 11.0. The third kappa shape index (κ3) is 2.97. The average Bonchev–Trinajstić information content (AvgIpc) is 3.07. The van der Waals surface area contributed by atoms with E-state index < -0.39 is 5.60 Å². The minimum absolute atomic E-state index is 0.209. The molecule has 1 atom stereocenters. The molecular weight excluding hydrogens is 243 g/mol. The third-order valence-corrected chi connectivity index (χ3v) is 3.47. The molecule has 1 saturated carbocycles. The second kappa shape index (κ2) is 4.92. The van der Waals surface area contributed by atoms with Crippen LogP contribution in [0.2, 0.25) is 5.02 Å². The van der Waals surface area contributed by atoms with E-state index in [4.69, 9.17) is 16.3 Å². The molecule has 0 aliphatic heterocycles. The Bertz CT molecular complexity index is 406. The lowest BCUT2D eigenvalue weighted by molar-refractivity contribution is -0.0479. The summed E-state index contributed by atoms with van der Waals surface area (Å²) in [6, 6.07) is 4.41. The first-order valence-corrected chi connectivity index (χ1v) is 6.08. The summed E-state index contributed by atoms with van der Waals surface area (Å²) in [6.45, 7) is 0.226. The molecule has 1 fully saturated rings. The van der Waals surface area contributed by atoms with Crippen molar-refractivity contribution in [1.29, 1.82) is 0 Å². The first-order chi connectivity index (χ1) is 8.05. The Morgan fingerprint density at radius 2 is 2.24 bits per heavy atom. The maximum Gasteiger partial charge on any atom is 0.126 e. The van der Waals surface area contributed by atoms with E-state index in [2.05, 4.69) is 0 Å². The number of ether oxygens (including phenoxy) is 1. The van der Waals surface area contributed by atoms with Crippen molar-refractivity contribution in [3.05, 3.63) is 34.6 Å². The van der Waals surface area contributed by atoms with Crippen LogP contribution in [0.15, 0.2) is 18.2 Å². The Balaban J connectivity index is 2.19. The van der Waals surface area contributed by atoms with E-state index in [1.807, 2.05) is 0 Å². The molecule has 0 spiro atoms. The van der Waals surface area contributed by atoms with E-state index in [1.54, 1.807) is 13.2 Å². The highest BCUT2D eigenvalue weighted by Gasteiger charge is 2.44. The Morgan fingerprint density at radius 3 is 2.82 bits per heavy atom. The maximum absolute atomic E-state index is 13.6. The van der Waals surface area contributed by atoms with Gasteiger partial charge >= 0.3 is 0 Å². The van der Waals surface area contributed by atoms with E-state index in [-0.39, 0.29) is 24.8 Å². The normalized spacial score (nSPS) is 19.1. The van der Waals surface area contributed by atoms with Crippen LogP contribution in [0, 0.1) is 11.7 Å². The van der Waals surface area contributed by atoms with Crippen molar-refractivity contribution < 1.29 is 14.2 Å². The van der Waals surface area contributed by atoms with Gasteiger partial charge in [0.05, 0.1) is 12.2 Å². The van der Waals surface area contributed by atoms with E-state index >= 15 is 0 Å². The van der Waals surface area contributed by atoms with Crippen molar-refractivity contribution in [2.75, 3.05) is 13.7 Å². The molecule has 1 aromatic rings. The molecule has 1 aromatic carbocycles. The summed E-state index contributed by atoms with van der Waals surface area (Å²) in [6.07, 6.45) is 2.20. The van der Waals surface area contributed by atoms with Gasteiger partial charge < -0.3 is 9.84 Å². The third-order valence-electron chi connectivity index (χ3n) is 3.24. The fourth-order valence-electron chi connectivity index (χ4n) is 2.19. The molecule has 0 heterocycles. The van der Waals surface area contributed by atoms with E-state index in [1.165, 1.54) is 12.1 Å². The Morgan fingerprint density at radius 1 is 1.53 bits per heavy atom. The molecule has 0 amide bonds. The van der Waals surface area contributed by atoms with Crippen LogP contribution < -0.4 is 0 Å². The zero-order valence-electron chi connectivity index (χ0n) is 9.75. The van der Waals surface area contributed by atoms with Crippen molar-refractivity contribution in [1.82, 2.24) is 0 Å². The molecule has 2 rings (SSSR count). The predicted octanol–water partition coefficient (Wildman–Crippen LogP) is 2.81. The fraction of sp³-hybridized carbons (Fsp3) is 0.538. The predicted molar refractivity (Wildman–Crippen MR) is 64.7 cm³/mol. The van der Waals surface area contributed by atoms with Crippen LogP contribution in [0.4, 0.5) is 4.39 Å². The topological polar surface area (TPSA) is 29.5 Å². The van der Waals surface area contributed by atoms with Gasteiger partial charge in [-0.1, -0.05) is 11.6 Å². The molecule has 4 heteroatoms. The SMILES string of the molecule is COCC(O)(Cc1cc(Cl)ccc1F)C1CC1. The van der Waals surface area contributed by atoms with Crippen molar-refractivity contribution >= 4 is 11.6 Å². The summed E-state index contributed by atoms with van der Waals surface area (Å²) >= 11 is 5.84. The first-order valence-electron chi connectivity index (χ1n) is 5.70. The Hall–Kier alpha value is -0.640. The van der Waals surface area contributed by atoms with Crippen LogP contribution in [0.1, 0.15) is 18.4 Å². The minimum Gasteiger partial charge on any atom is -0.387 e. The van der Waals surface area contributed by atoms with E-state index in [0.29, 0.717) is 10.6 Å². The van der Waals surface area contributed by atoms with Crippen LogP contribution >= 0.6 is 11.6 Å². The number of halogens is 2. The summed E-state index contributed by atoms with van der Waals surface area (Å²) in [4.78, 5) is 0. The van der Waals surface area contributed by atoms with E-state index in [0.717, 1.165) is 12.8 Å². The quantitative estimate of drug-likeness (QED) is 0.880. The Kier molecular flexibility index (Phi) is 3.71. The van der Waals surface area contributed by atoms with Crippen LogP contribution in [-0.4, -0.2) is 24.4 Å². The second-order valence-corrected chi connectivity index (χ2v) is 5.16. The van der Waals surface area contributed by atoms with Crippen molar-refractivity contribution in [3.63, 3.8) is 0 Å². The zero-order chi connectivity index (χ0) is 12.5. The van der Waals surface area contributed by atoms with Gasteiger partial charge in [-0.2, -0.15) is 0 Å². The molecule has 94 valence electrons. The first kappa shape index (κ1) is 12.8. The van der Waals surface area contributed by atoms with Crippen LogP contribution in [-0.2, 0) is 11.2 Å². The van der Waals surface area contributed by atoms with Gasteiger partial charge in [0, 0.05) is 18.6 Å². The standard InChI is InChI=1S/C13H16ClFO2/c1-17-8-13(16,10-2-3-10)7-9-6-11(14)4-5-12(9)15/h4-6,10,16H,2-3,7-8H2,1H3. The summed E-state index contributed by atoms with van der Waals surface area (Å²) in [5.41, 5.74) is -0.524. The van der Waals surface area contributed by atoms with Gasteiger partial charge in [-0.05, 0) is 42.5 Å². The van der Waals surface area contributed by atoms with Gasteiger partial charge in [0.2, 0.25) is 0 Å². The number of benzene rings is 1. The van der Waals surface area contributed by atoms with Gasteiger partial charge in [0.1, 0.15) is 5.82 Å². The van der Waals surface area contributed by atoms with Crippen molar-refractivity contribution in [3.8, 4) is 0 Å². The highest BCUT2D eigenvalue weighted by atomic mass is 35.5. The Labute approximate surface area is 105 Å². The zero-order valence-corrected chi connectivity index (χ0v) is 10.5. The molecule has 2 nitrogen and oxygen atoms in total. The molecule has 1 N–H and O–H groups in total. The van der Waals surface area contributed by atoms with Crippen molar-refractivity contribution in [2.45, 2.75) is 24.9 Å². The average molecular weight is 259 g/mol. The van der Waals surface area contributed by atoms with E-state index in [9.17, 15) is 9.50 Å². The molecule has 0 saturated heterocycles. The minimum atomic E-state index is -0.972. The monoisotopic (exact) mass is 258 g/mol. The van der Waals surface area contributed by atoms with Gasteiger partial charge in [-0.15, -0.1) is 0 Å². The molecule has 1 aliphatic carbocycles.